The van der Waals surface area contributed by atoms with Crippen LogP contribution in [0.5, 0.6) is 11.5 Å². The third-order valence-corrected chi connectivity index (χ3v) is 5.54. The number of hydrogen-bond donors (Lipinski definition) is 1. The Bertz CT molecular complexity index is 1450. The van der Waals surface area contributed by atoms with Crippen molar-refractivity contribution < 1.29 is 28.6 Å². The fourth-order valence-electron chi connectivity index (χ4n) is 3.49. The summed E-state index contributed by atoms with van der Waals surface area (Å²) in [7, 11) is 0. The van der Waals surface area contributed by atoms with Crippen LogP contribution in [0.25, 0.3) is 0 Å². The molecule has 11 heteroatoms. The van der Waals surface area contributed by atoms with E-state index in [1.54, 1.807) is 19.1 Å². The molecule has 1 aromatic heterocycles. The lowest BCUT2D eigenvalue weighted by Gasteiger charge is -2.15. The van der Waals surface area contributed by atoms with Gasteiger partial charge in [0.2, 0.25) is 0 Å². The smallest absolute Gasteiger partial charge is 0.308 e. The average Bonchev–Trinajstić information content (AvgIpc) is 2.86. The predicted molar refractivity (Wildman–Crippen MR) is 131 cm³/mol. The number of carboxylic acid groups (broad SMARTS) is 1. The van der Waals surface area contributed by atoms with Gasteiger partial charge in [0.1, 0.15) is 5.75 Å². The molecule has 0 bridgehead atoms. The molecule has 0 amide bonds. The number of aryl methyl sites for hydroxylation is 2. The van der Waals surface area contributed by atoms with E-state index in [1.807, 2.05) is 13.0 Å². The molecule has 0 atom stereocenters. The van der Waals surface area contributed by atoms with Gasteiger partial charge in [0.05, 0.1) is 30.2 Å². The number of carbonyl (C=O) groups is 2. The number of nitrogens with zero attached hydrogens (tertiary/aromatic N) is 3. The Morgan fingerprint density at radius 3 is 2.59 bits per heavy atom. The summed E-state index contributed by atoms with van der Waals surface area (Å²) in [6, 6.07) is 11.2. The molecule has 0 radical (unpaired) electrons. The van der Waals surface area contributed by atoms with E-state index in [-0.39, 0.29) is 40.5 Å². The van der Waals surface area contributed by atoms with E-state index >= 15 is 4.39 Å². The number of nitriles is 1. The molecule has 1 heterocycles. The van der Waals surface area contributed by atoms with Crippen LogP contribution < -0.4 is 10.3 Å². The standard InChI is InChI=1S/C26H23ClFN3O6/c1-3-17-4-5-18(24(28)25(17)37-21-10-16(13-29)9-19(27)12-21)11-20-8-15(2)26(35)31(30-20)14-36-23(34)7-6-22(32)33/h4-5,8-10,12H,3,6-7,11,14H2,1-2H3,(H,32,33). The summed E-state index contributed by atoms with van der Waals surface area (Å²) in [6.07, 6.45) is -0.263. The van der Waals surface area contributed by atoms with Gasteiger partial charge in [-0.2, -0.15) is 15.0 Å². The number of hydrogen-bond acceptors (Lipinski definition) is 7. The van der Waals surface area contributed by atoms with E-state index in [9.17, 15) is 19.6 Å². The van der Waals surface area contributed by atoms with Gasteiger partial charge in [-0.3, -0.25) is 14.4 Å². The van der Waals surface area contributed by atoms with Crippen molar-refractivity contribution in [2.24, 2.45) is 0 Å². The molecule has 0 spiro atoms. The Balaban J connectivity index is 1.88. The summed E-state index contributed by atoms with van der Waals surface area (Å²) in [5.74, 6) is -2.37. The first kappa shape index (κ1) is 27.4. The molecular formula is C26H23ClFN3O6. The molecule has 2 aromatic carbocycles. The number of carboxylic acids is 1. The molecule has 0 aliphatic heterocycles. The Morgan fingerprint density at radius 2 is 1.92 bits per heavy atom. The summed E-state index contributed by atoms with van der Waals surface area (Å²) >= 11 is 6.05. The number of benzene rings is 2. The van der Waals surface area contributed by atoms with Gasteiger partial charge < -0.3 is 14.6 Å². The maximum Gasteiger partial charge on any atom is 0.308 e. The van der Waals surface area contributed by atoms with Crippen molar-refractivity contribution in [3.05, 3.63) is 85.5 Å². The number of aromatic nitrogens is 2. The number of aliphatic carboxylic acids is 1. The zero-order valence-corrected chi connectivity index (χ0v) is 20.8. The third-order valence-electron chi connectivity index (χ3n) is 5.33. The van der Waals surface area contributed by atoms with Gasteiger partial charge in [-0.1, -0.05) is 30.7 Å². The predicted octanol–water partition coefficient (Wildman–Crippen LogP) is 4.53. The van der Waals surface area contributed by atoms with Crippen LogP contribution in [-0.4, -0.2) is 26.8 Å². The normalized spacial score (nSPS) is 10.6. The first-order valence-corrected chi connectivity index (χ1v) is 11.6. The van der Waals surface area contributed by atoms with E-state index < -0.39 is 36.5 Å². The Kier molecular flexibility index (Phi) is 8.98. The fourth-order valence-corrected chi connectivity index (χ4v) is 3.72. The van der Waals surface area contributed by atoms with Crippen molar-refractivity contribution in [3.8, 4) is 17.6 Å². The van der Waals surface area contributed by atoms with Crippen molar-refractivity contribution in [1.29, 1.82) is 5.26 Å². The number of esters is 1. The average molecular weight is 528 g/mol. The monoisotopic (exact) mass is 527 g/mol. The van der Waals surface area contributed by atoms with Crippen LogP contribution in [0.3, 0.4) is 0 Å². The van der Waals surface area contributed by atoms with Crippen LogP contribution in [-0.2, 0) is 33.9 Å². The minimum Gasteiger partial charge on any atom is -0.481 e. The summed E-state index contributed by atoms with van der Waals surface area (Å²) < 4.78 is 27.3. The second-order valence-corrected chi connectivity index (χ2v) is 8.55. The van der Waals surface area contributed by atoms with Crippen LogP contribution >= 0.6 is 11.6 Å². The summed E-state index contributed by atoms with van der Waals surface area (Å²) in [5.41, 5.74) is 1.24. The lowest BCUT2D eigenvalue weighted by atomic mass is 10.0. The zero-order valence-electron chi connectivity index (χ0n) is 20.1. The minimum absolute atomic E-state index is 0.000734. The van der Waals surface area contributed by atoms with Crippen molar-refractivity contribution >= 4 is 23.5 Å². The highest BCUT2D eigenvalue weighted by Crippen LogP contribution is 2.33. The summed E-state index contributed by atoms with van der Waals surface area (Å²) in [5, 5.41) is 22.3. The van der Waals surface area contributed by atoms with E-state index in [2.05, 4.69) is 5.10 Å². The maximum absolute atomic E-state index is 15.6. The Labute approximate surface area is 216 Å². The lowest BCUT2D eigenvalue weighted by molar-refractivity contribution is -0.151. The number of rotatable bonds is 10. The molecule has 37 heavy (non-hydrogen) atoms. The van der Waals surface area contributed by atoms with Crippen LogP contribution in [0.15, 0.2) is 41.2 Å². The van der Waals surface area contributed by atoms with Crippen molar-refractivity contribution in [2.75, 3.05) is 0 Å². The lowest BCUT2D eigenvalue weighted by Crippen LogP contribution is -2.28. The number of halogens is 2. The van der Waals surface area contributed by atoms with Gasteiger partial charge in [-0.15, -0.1) is 0 Å². The fraction of sp³-hybridized carbons (Fsp3) is 0.269. The van der Waals surface area contributed by atoms with Crippen LogP contribution in [0, 0.1) is 24.1 Å². The summed E-state index contributed by atoms with van der Waals surface area (Å²) in [4.78, 5) is 34.8. The Morgan fingerprint density at radius 1 is 1.19 bits per heavy atom. The largest absolute Gasteiger partial charge is 0.481 e. The molecule has 0 aliphatic rings. The minimum atomic E-state index is -1.15. The highest BCUT2D eigenvalue weighted by atomic mass is 35.5. The number of ether oxygens (including phenoxy) is 2. The van der Waals surface area contributed by atoms with E-state index in [0.29, 0.717) is 23.2 Å². The molecule has 0 aliphatic carbocycles. The van der Waals surface area contributed by atoms with Crippen LogP contribution in [0.2, 0.25) is 5.02 Å². The highest BCUT2D eigenvalue weighted by molar-refractivity contribution is 6.30. The molecule has 9 nitrogen and oxygen atoms in total. The van der Waals surface area contributed by atoms with Gasteiger partial charge in [0.15, 0.2) is 18.3 Å². The van der Waals surface area contributed by atoms with Crippen molar-refractivity contribution in [1.82, 2.24) is 9.78 Å². The van der Waals surface area contributed by atoms with E-state index in [0.717, 1.165) is 4.68 Å². The van der Waals surface area contributed by atoms with Gasteiger partial charge >= 0.3 is 11.9 Å². The van der Waals surface area contributed by atoms with Gasteiger partial charge in [0.25, 0.3) is 5.56 Å². The van der Waals surface area contributed by atoms with Crippen molar-refractivity contribution in [2.45, 2.75) is 46.3 Å². The third kappa shape index (κ3) is 7.15. The second kappa shape index (κ2) is 12.1. The van der Waals surface area contributed by atoms with Crippen LogP contribution in [0.1, 0.15) is 47.7 Å². The van der Waals surface area contributed by atoms with Gasteiger partial charge in [-0.05, 0) is 48.7 Å². The molecule has 0 saturated carbocycles. The first-order valence-electron chi connectivity index (χ1n) is 11.2. The molecule has 3 aromatic rings. The molecule has 192 valence electrons. The first-order chi connectivity index (χ1) is 17.6. The van der Waals surface area contributed by atoms with Gasteiger partial charge in [0, 0.05) is 17.0 Å². The van der Waals surface area contributed by atoms with E-state index in [1.165, 1.54) is 24.3 Å². The number of carbonyl (C=O) groups excluding carboxylic acids is 1. The van der Waals surface area contributed by atoms with Crippen molar-refractivity contribution in [3.63, 3.8) is 0 Å². The zero-order chi connectivity index (χ0) is 27.1. The molecule has 3 rings (SSSR count). The molecular weight excluding hydrogens is 505 g/mol. The molecule has 0 unspecified atom stereocenters. The van der Waals surface area contributed by atoms with Gasteiger partial charge in [-0.25, -0.2) is 4.39 Å². The topological polar surface area (TPSA) is 132 Å². The molecule has 0 fully saturated rings. The summed E-state index contributed by atoms with van der Waals surface area (Å²) in [6.45, 7) is 2.89. The Hall–Kier alpha value is -4.23. The highest BCUT2D eigenvalue weighted by Gasteiger charge is 2.18. The maximum atomic E-state index is 15.6. The SMILES string of the molecule is CCc1ccc(Cc2cc(C)c(=O)n(COC(=O)CCC(=O)O)n2)c(F)c1Oc1cc(Cl)cc(C#N)c1. The quantitative estimate of drug-likeness (QED) is 0.380. The van der Waals surface area contributed by atoms with Crippen LogP contribution in [0.4, 0.5) is 4.39 Å². The van der Waals surface area contributed by atoms with E-state index in [4.69, 9.17) is 26.2 Å². The second-order valence-electron chi connectivity index (χ2n) is 8.11. The molecule has 1 N–H and O–H groups in total. The molecule has 0 saturated heterocycles.